The van der Waals surface area contributed by atoms with Gasteiger partial charge in [-0.15, -0.1) is 0 Å². The van der Waals surface area contributed by atoms with Crippen LogP contribution in [0.2, 0.25) is 0 Å². The second-order valence-corrected chi connectivity index (χ2v) is 11.2. The number of carbonyl (C=O) groups is 1. The average molecular weight is 555 g/mol. The Labute approximate surface area is 234 Å². The van der Waals surface area contributed by atoms with Gasteiger partial charge >= 0.3 is 0 Å². The van der Waals surface area contributed by atoms with Crippen molar-refractivity contribution >= 4 is 44.3 Å². The van der Waals surface area contributed by atoms with Crippen molar-refractivity contribution in [3.63, 3.8) is 0 Å². The number of amides is 1. The van der Waals surface area contributed by atoms with Crippen LogP contribution in [0.1, 0.15) is 11.1 Å². The normalized spacial score (nSPS) is 13.9. The summed E-state index contributed by atoms with van der Waals surface area (Å²) in [6, 6.07) is 30.3. The molecule has 0 aromatic heterocycles. The summed E-state index contributed by atoms with van der Waals surface area (Å²) in [6.07, 6.45) is 0. The van der Waals surface area contributed by atoms with Gasteiger partial charge in [-0.05, 0) is 74.3 Å². The number of carbonyl (C=O) groups excluding carboxylic acids is 1. The van der Waals surface area contributed by atoms with Crippen LogP contribution in [-0.4, -0.2) is 46.5 Å². The zero-order valence-corrected chi connectivity index (χ0v) is 23.0. The van der Waals surface area contributed by atoms with Crippen LogP contribution in [0.4, 0.5) is 17.1 Å². The second-order valence-electron chi connectivity index (χ2n) is 9.55. The largest absolute Gasteiger partial charge is 0.492 e. The molecule has 9 heteroatoms. The number of nitrogens with one attached hydrogen (secondary N) is 3. The fourth-order valence-corrected chi connectivity index (χ4v) is 5.38. The molecule has 204 valence electrons. The molecule has 1 aliphatic rings. The van der Waals surface area contributed by atoms with E-state index in [9.17, 15) is 13.2 Å². The molecular formula is C31H30N4O4S. The van der Waals surface area contributed by atoms with Gasteiger partial charge in [-0.1, -0.05) is 48.5 Å². The molecule has 1 aliphatic heterocycles. The van der Waals surface area contributed by atoms with E-state index in [0.29, 0.717) is 34.8 Å². The van der Waals surface area contributed by atoms with Gasteiger partial charge in [0.1, 0.15) is 12.4 Å². The molecule has 0 atom stereocenters. The minimum Gasteiger partial charge on any atom is -0.492 e. The standard InChI is InChI=1S/C31H30N4O4S/c1-35(2)19-20-39-25-15-13-23(14-16-25)32-30(22-9-5-3-6-10-22)29-27-21-26(17-18-28(27)33-31(29)36)40(37,38)34-24-11-7-4-8-12-24/h3-18,21,32,34H,19-20H2,1-2H3,(H,33,36). The molecule has 0 bridgehead atoms. The van der Waals surface area contributed by atoms with E-state index in [1.807, 2.05) is 79.7 Å². The van der Waals surface area contributed by atoms with E-state index in [-0.39, 0.29) is 10.8 Å². The number of sulfonamides is 1. The Morgan fingerprint density at radius 3 is 2.20 bits per heavy atom. The molecule has 0 aliphatic carbocycles. The quantitative estimate of drug-likeness (QED) is 0.228. The van der Waals surface area contributed by atoms with Crippen LogP contribution in [0.25, 0.3) is 11.3 Å². The van der Waals surface area contributed by atoms with Crippen LogP contribution in [0.3, 0.4) is 0 Å². The number of rotatable bonds is 10. The van der Waals surface area contributed by atoms with Crippen molar-refractivity contribution in [1.29, 1.82) is 0 Å². The van der Waals surface area contributed by atoms with Crippen molar-refractivity contribution in [2.24, 2.45) is 0 Å². The number of hydrogen-bond donors (Lipinski definition) is 3. The Morgan fingerprint density at radius 1 is 0.850 bits per heavy atom. The Bertz CT molecular complexity index is 1640. The molecule has 0 spiro atoms. The van der Waals surface area contributed by atoms with Crippen LogP contribution in [0.5, 0.6) is 5.75 Å². The van der Waals surface area contributed by atoms with E-state index in [1.54, 1.807) is 30.3 Å². The van der Waals surface area contributed by atoms with E-state index >= 15 is 0 Å². The van der Waals surface area contributed by atoms with E-state index in [1.165, 1.54) is 12.1 Å². The number of likely N-dealkylation sites (N-methyl/N-ethyl adjacent to an activating group) is 1. The first-order valence-corrected chi connectivity index (χ1v) is 14.3. The number of ether oxygens (including phenoxy) is 1. The lowest BCUT2D eigenvalue weighted by atomic mass is 10.00. The van der Waals surface area contributed by atoms with Crippen molar-refractivity contribution < 1.29 is 17.9 Å². The summed E-state index contributed by atoms with van der Waals surface area (Å²) in [6.45, 7) is 1.37. The lowest BCUT2D eigenvalue weighted by Crippen LogP contribution is -2.19. The highest BCUT2D eigenvalue weighted by atomic mass is 32.2. The number of anilines is 3. The molecule has 0 saturated carbocycles. The van der Waals surface area contributed by atoms with Crippen molar-refractivity contribution in [2.75, 3.05) is 42.6 Å². The Morgan fingerprint density at radius 2 is 1.52 bits per heavy atom. The first-order valence-electron chi connectivity index (χ1n) is 12.8. The smallest absolute Gasteiger partial charge is 0.261 e. The number of nitrogens with zero attached hydrogens (tertiary/aromatic N) is 1. The minimum atomic E-state index is -3.89. The van der Waals surface area contributed by atoms with Crippen molar-refractivity contribution in [1.82, 2.24) is 4.90 Å². The van der Waals surface area contributed by atoms with E-state index < -0.39 is 10.0 Å². The second kappa shape index (κ2) is 11.6. The monoisotopic (exact) mass is 554 g/mol. The molecule has 8 nitrogen and oxygen atoms in total. The molecule has 0 unspecified atom stereocenters. The van der Waals surface area contributed by atoms with Crippen LogP contribution in [0, 0.1) is 0 Å². The van der Waals surface area contributed by atoms with Crippen LogP contribution < -0.4 is 20.1 Å². The molecule has 4 aromatic carbocycles. The third-order valence-electron chi connectivity index (χ3n) is 6.32. The number of para-hydroxylation sites is 1. The molecule has 1 heterocycles. The predicted molar refractivity (Wildman–Crippen MR) is 160 cm³/mol. The summed E-state index contributed by atoms with van der Waals surface area (Å²) in [5, 5.41) is 6.28. The zero-order valence-electron chi connectivity index (χ0n) is 22.2. The van der Waals surface area contributed by atoms with Crippen LogP contribution >= 0.6 is 0 Å². The molecule has 5 rings (SSSR count). The fraction of sp³-hybridized carbons (Fsp3) is 0.129. The SMILES string of the molecule is CN(C)CCOc1ccc(NC(=C2C(=O)Nc3ccc(S(=O)(=O)Nc4ccccc4)cc32)c2ccccc2)cc1. The number of fused-ring (bicyclic) bond motifs is 1. The van der Waals surface area contributed by atoms with Gasteiger partial charge in [0.2, 0.25) is 0 Å². The maximum absolute atomic E-state index is 13.3. The number of hydrogen-bond acceptors (Lipinski definition) is 6. The molecule has 4 aromatic rings. The highest BCUT2D eigenvalue weighted by Crippen LogP contribution is 2.39. The maximum Gasteiger partial charge on any atom is 0.261 e. The Hall–Kier alpha value is -4.60. The molecule has 0 fully saturated rings. The highest BCUT2D eigenvalue weighted by Gasteiger charge is 2.30. The molecule has 0 radical (unpaired) electrons. The summed E-state index contributed by atoms with van der Waals surface area (Å²) >= 11 is 0. The minimum absolute atomic E-state index is 0.0516. The van der Waals surface area contributed by atoms with Crippen molar-refractivity contribution in [3.05, 3.63) is 114 Å². The van der Waals surface area contributed by atoms with Gasteiger partial charge in [0.15, 0.2) is 0 Å². The Kier molecular flexibility index (Phi) is 7.86. The lowest BCUT2D eigenvalue weighted by Gasteiger charge is -2.16. The maximum atomic E-state index is 13.3. The third kappa shape index (κ3) is 6.17. The Balaban J connectivity index is 1.51. The summed E-state index contributed by atoms with van der Waals surface area (Å²) in [7, 11) is 0.0891. The zero-order chi connectivity index (χ0) is 28.1. The van der Waals surface area contributed by atoms with Gasteiger partial charge in [-0.25, -0.2) is 8.42 Å². The van der Waals surface area contributed by atoms with Gasteiger partial charge in [-0.3, -0.25) is 9.52 Å². The average Bonchev–Trinajstić information content (AvgIpc) is 3.28. The fourth-order valence-electron chi connectivity index (χ4n) is 4.29. The summed E-state index contributed by atoms with van der Waals surface area (Å²) in [5.74, 6) is 0.418. The molecule has 0 saturated heterocycles. The summed E-state index contributed by atoms with van der Waals surface area (Å²) in [5.41, 5.74) is 3.93. The van der Waals surface area contributed by atoms with Gasteiger partial charge in [0.25, 0.3) is 15.9 Å². The van der Waals surface area contributed by atoms with Gasteiger partial charge in [0, 0.05) is 29.2 Å². The van der Waals surface area contributed by atoms with Gasteiger partial charge < -0.3 is 20.3 Å². The summed E-state index contributed by atoms with van der Waals surface area (Å²) < 4.78 is 34.8. The topological polar surface area (TPSA) is 99.8 Å². The first-order chi connectivity index (χ1) is 19.3. The first kappa shape index (κ1) is 27.0. The lowest BCUT2D eigenvalue weighted by molar-refractivity contribution is -0.110. The third-order valence-corrected chi connectivity index (χ3v) is 7.69. The van der Waals surface area contributed by atoms with E-state index in [2.05, 4.69) is 15.4 Å². The molecular weight excluding hydrogens is 524 g/mol. The van der Waals surface area contributed by atoms with Crippen LogP contribution in [0.15, 0.2) is 108 Å². The van der Waals surface area contributed by atoms with E-state index in [0.717, 1.165) is 23.5 Å². The van der Waals surface area contributed by atoms with Gasteiger partial charge in [0.05, 0.1) is 16.2 Å². The molecule has 1 amide bonds. The molecule has 40 heavy (non-hydrogen) atoms. The summed E-state index contributed by atoms with van der Waals surface area (Å²) in [4.78, 5) is 15.4. The van der Waals surface area contributed by atoms with Crippen molar-refractivity contribution in [3.8, 4) is 5.75 Å². The predicted octanol–water partition coefficient (Wildman–Crippen LogP) is 5.36. The highest BCUT2D eigenvalue weighted by molar-refractivity contribution is 7.92. The van der Waals surface area contributed by atoms with Gasteiger partial charge in [-0.2, -0.15) is 0 Å². The van der Waals surface area contributed by atoms with Crippen molar-refractivity contribution in [2.45, 2.75) is 4.90 Å². The van der Waals surface area contributed by atoms with Crippen LogP contribution in [-0.2, 0) is 14.8 Å². The number of benzene rings is 4. The van der Waals surface area contributed by atoms with E-state index in [4.69, 9.17) is 4.74 Å². The molecule has 3 N–H and O–H groups in total.